The number of aliphatic hydroxyl groups excluding tert-OH is 1. The molecule has 2 heterocycles. The van der Waals surface area contributed by atoms with E-state index in [4.69, 9.17) is 4.74 Å². The van der Waals surface area contributed by atoms with Crippen LogP contribution in [0, 0.1) is 0 Å². The minimum absolute atomic E-state index is 0.224. The van der Waals surface area contributed by atoms with Crippen molar-refractivity contribution in [3.8, 4) is 0 Å². The highest BCUT2D eigenvalue weighted by molar-refractivity contribution is 4.94. The van der Waals surface area contributed by atoms with E-state index in [0.29, 0.717) is 12.1 Å². The normalized spacial score (nSPS) is 45.6. The predicted octanol–water partition coefficient (Wildman–Crippen LogP) is -0.572. The van der Waals surface area contributed by atoms with Crippen molar-refractivity contribution in [2.24, 2.45) is 0 Å². The Bertz CT molecular complexity index is 191. The second-order valence-corrected chi connectivity index (χ2v) is 4.48. The Morgan fingerprint density at radius 2 is 1.86 bits per heavy atom. The van der Waals surface area contributed by atoms with Gasteiger partial charge in [0.1, 0.15) is 0 Å². The van der Waals surface area contributed by atoms with Gasteiger partial charge in [-0.05, 0) is 13.8 Å². The molecule has 14 heavy (non-hydrogen) atoms. The molecule has 0 aliphatic carbocycles. The molecule has 0 aromatic heterocycles. The van der Waals surface area contributed by atoms with Gasteiger partial charge in [0.25, 0.3) is 0 Å². The first-order valence-electron chi connectivity index (χ1n) is 5.44. The van der Waals surface area contributed by atoms with E-state index in [1.54, 1.807) is 0 Å². The fraction of sp³-hybridized carbons (Fsp3) is 1.00. The maximum absolute atomic E-state index is 9.83. The Morgan fingerprint density at radius 1 is 1.21 bits per heavy atom. The summed E-state index contributed by atoms with van der Waals surface area (Å²) in [6.07, 6.45) is -0.224. The third-order valence-electron chi connectivity index (χ3n) is 3.27. The molecule has 0 radical (unpaired) electrons. The van der Waals surface area contributed by atoms with Crippen molar-refractivity contribution in [3.63, 3.8) is 0 Å². The van der Waals surface area contributed by atoms with Crippen molar-refractivity contribution in [2.75, 3.05) is 26.3 Å². The van der Waals surface area contributed by atoms with Gasteiger partial charge in [0.05, 0.1) is 19.3 Å². The van der Waals surface area contributed by atoms with Gasteiger partial charge in [-0.25, -0.2) is 0 Å². The van der Waals surface area contributed by atoms with Crippen LogP contribution in [0.4, 0.5) is 0 Å². The zero-order valence-electron chi connectivity index (χ0n) is 8.94. The van der Waals surface area contributed by atoms with Crippen molar-refractivity contribution >= 4 is 0 Å². The summed E-state index contributed by atoms with van der Waals surface area (Å²) in [6.45, 7) is 7.53. The fourth-order valence-electron chi connectivity index (χ4n) is 2.62. The molecule has 4 atom stereocenters. The number of hydrogen-bond donors (Lipinski definition) is 2. The molecule has 2 fully saturated rings. The highest BCUT2D eigenvalue weighted by Crippen LogP contribution is 2.20. The van der Waals surface area contributed by atoms with E-state index in [1.807, 2.05) is 0 Å². The van der Waals surface area contributed by atoms with E-state index < -0.39 is 0 Å². The maximum atomic E-state index is 9.83. The van der Waals surface area contributed by atoms with Crippen LogP contribution in [0.25, 0.3) is 0 Å². The minimum Gasteiger partial charge on any atom is -0.390 e. The zero-order valence-corrected chi connectivity index (χ0v) is 8.94. The smallest absolute Gasteiger partial charge is 0.0832 e. The number of β-amino-alcohol motifs (C(OH)–C–C–N with tert-alkyl or cyclic N) is 1. The summed E-state index contributed by atoms with van der Waals surface area (Å²) in [5, 5.41) is 13.1. The number of ether oxygens (including phenoxy) is 1. The first-order valence-corrected chi connectivity index (χ1v) is 5.44. The summed E-state index contributed by atoms with van der Waals surface area (Å²) >= 11 is 0. The van der Waals surface area contributed by atoms with Crippen molar-refractivity contribution in [3.05, 3.63) is 0 Å². The molecule has 2 unspecified atom stereocenters. The summed E-state index contributed by atoms with van der Waals surface area (Å²) in [4.78, 5) is 2.40. The first kappa shape index (κ1) is 10.4. The van der Waals surface area contributed by atoms with Crippen molar-refractivity contribution in [1.29, 1.82) is 0 Å². The van der Waals surface area contributed by atoms with Gasteiger partial charge in [-0.1, -0.05) is 0 Å². The topological polar surface area (TPSA) is 44.7 Å². The van der Waals surface area contributed by atoms with Gasteiger partial charge in [-0.15, -0.1) is 0 Å². The van der Waals surface area contributed by atoms with Crippen molar-refractivity contribution in [1.82, 2.24) is 10.2 Å². The molecule has 0 aromatic carbocycles. The maximum Gasteiger partial charge on any atom is 0.0832 e. The lowest BCUT2D eigenvalue weighted by Crippen LogP contribution is -2.57. The highest BCUT2D eigenvalue weighted by atomic mass is 16.5. The third-order valence-corrected chi connectivity index (χ3v) is 3.27. The molecular weight excluding hydrogens is 180 g/mol. The summed E-state index contributed by atoms with van der Waals surface area (Å²) in [5.41, 5.74) is 0. The Kier molecular flexibility index (Phi) is 3.07. The molecule has 0 bridgehead atoms. The number of hydrogen-bond acceptors (Lipinski definition) is 4. The van der Waals surface area contributed by atoms with Gasteiger partial charge < -0.3 is 15.2 Å². The van der Waals surface area contributed by atoms with E-state index in [9.17, 15) is 5.11 Å². The van der Waals surface area contributed by atoms with Crippen LogP contribution in [0.2, 0.25) is 0 Å². The Balaban J connectivity index is 2.05. The minimum atomic E-state index is -0.224. The number of nitrogens with zero attached hydrogens (tertiary/aromatic N) is 1. The molecule has 2 aliphatic rings. The fourth-order valence-corrected chi connectivity index (χ4v) is 2.62. The van der Waals surface area contributed by atoms with E-state index in [0.717, 1.165) is 26.3 Å². The largest absolute Gasteiger partial charge is 0.390 e. The van der Waals surface area contributed by atoms with Crippen molar-refractivity contribution in [2.45, 2.75) is 38.1 Å². The number of morpholine rings is 1. The van der Waals surface area contributed by atoms with E-state index >= 15 is 0 Å². The van der Waals surface area contributed by atoms with Crippen LogP contribution >= 0.6 is 0 Å². The molecular formula is C10H20N2O2. The quantitative estimate of drug-likeness (QED) is 0.595. The van der Waals surface area contributed by atoms with E-state index in [1.165, 1.54) is 0 Å². The summed E-state index contributed by atoms with van der Waals surface area (Å²) in [6, 6.07) is 1.10. The van der Waals surface area contributed by atoms with Gasteiger partial charge in [0.15, 0.2) is 0 Å². The van der Waals surface area contributed by atoms with Crippen LogP contribution in [0.1, 0.15) is 13.8 Å². The van der Waals surface area contributed by atoms with Gasteiger partial charge in [-0.3, -0.25) is 4.90 Å². The van der Waals surface area contributed by atoms with E-state index in [-0.39, 0.29) is 12.1 Å². The molecule has 2 N–H and O–H groups in total. The lowest BCUT2D eigenvalue weighted by Gasteiger charge is -2.43. The van der Waals surface area contributed by atoms with Crippen molar-refractivity contribution < 1.29 is 9.84 Å². The molecule has 0 aromatic rings. The Morgan fingerprint density at radius 3 is 2.36 bits per heavy atom. The molecule has 0 amide bonds. The molecule has 0 saturated carbocycles. The molecule has 2 saturated heterocycles. The van der Waals surface area contributed by atoms with Crippen LogP contribution in [0.15, 0.2) is 0 Å². The lowest BCUT2D eigenvalue weighted by atomic mass is 10.1. The third kappa shape index (κ3) is 1.80. The number of rotatable bonds is 1. The number of nitrogens with one attached hydrogen (secondary N) is 1. The molecule has 4 heteroatoms. The summed E-state index contributed by atoms with van der Waals surface area (Å²) in [7, 11) is 0. The average molecular weight is 200 g/mol. The Hall–Kier alpha value is -0.160. The SMILES string of the molecule is CC1COCC(C)N1[C@@H]1CNC[C@H]1O. The van der Waals surface area contributed by atoms with Gasteiger partial charge >= 0.3 is 0 Å². The van der Waals surface area contributed by atoms with Crippen LogP contribution < -0.4 is 5.32 Å². The molecule has 82 valence electrons. The molecule has 2 aliphatic heterocycles. The van der Waals surface area contributed by atoms with Crippen LogP contribution in [-0.2, 0) is 4.74 Å². The summed E-state index contributed by atoms with van der Waals surface area (Å²) < 4.78 is 5.48. The standard InChI is InChI=1S/C10H20N2O2/c1-7-5-14-6-8(2)12(7)9-3-11-4-10(9)13/h7-11,13H,3-6H2,1-2H3/t7?,8?,9-,10-/m1/s1. The molecule has 2 rings (SSSR count). The van der Waals surface area contributed by atoms with E-state index in [2.05, 4.69) is 24.1 Å². The monoisotopic (exact) mass is 200 g/mol. The first-order chi connectivity index (χ1) is 6.70. The second-order valence-electron chi connectivity index (χ2n) is 4.48. The Labute approximate surface area is 85.2 Å². The van der Waals surface area contributed by atoms with Gasteiger partial charge in [0, 0.05) is 31.2 Å². The number of aliphatic hydroxyl groups is 1. The molecule has 4 nitrogen and oxygen atoms in total. The summed E-state index contributed by atoms with van der Waals surface area (Å²) in [5.74, 6) is 0. The van der Waals surface area contributed by atoms with Crippen LogP contribution in [-0.4, -0.2) is 60.5 Å². The zero-order chi connectivity index (χ0) is 10.1. The van der Waals surface area contributed by atoms with Crippen LogP contribution in [0.3, 0.4) is 0 Å². The van der Waals surface area contributed by atoms with Gasteiger partial charge in [-0.2, -0.15) is 0 Å². The molecule has 0 spiro atoms. The highest BCUT2D eigenvalue weighted by Gasteiger charge is 2.37. The van der Waals surface area contributed by atoms with Crippen LogP contribution in [0.5, 0.6) is 0 Å². The second kappa shape index (κ2) is 4.14. The van der Waals surface area contributed by atoms with Gasteiger partial charge in [0.2, 0.25) is 0 Å². The average Bonchev–Trinajstić information content (AvgIpc) is 2.52. The lowest BCUT2D eigenvalue weighted by molar-refractivity contribution is -0.0731. The predicted molar refractivity (Wildman–Crippen MR) is 54.2 cm³/mol.